The third-order valence-corrected chi connectivity index (χ3v) is 5.59. The van der Waals surface area contributed by atoms with Crippen molar-refractivity contribution in [1.82, 2.24) is 19.7 Å². The summed E-state index contributed by atoms with van der Waals surface area (Å²) in [5.41, 5.74) is 4.99. The number of aromatic nitrogens is 4. The molecule has 0 radical (unpaired) electrons. The fourth-order valence-electron chi connectivity index (χ4n) is 3.83. The fourth-order valence-corrected chi connectivity index (χ4v) is 3.83. The number of rotatable bonds is 5. The standard InChI is InChI=1S/C24H26N4O3/c1-13(2)18-10-25-22(26-11-18)12-28-20-9-21(30-6)19(23-15(4)27-31-16(23)5)8-17(20)7-14(3)24(28)29/h7-11,13H,12H2,1-6H3. The van der Waals surface area contributed by atoms with Crippen LogP contribution in [0.1, 0.15) is 48.2 Å². The van der Waals surface area contributed by atoms with Gasteiger partial charge in [-0.15, -0.1) is 0 Å². The topological polar surface area (TPSA) is 83.0 Å². The summed E-state index contributed by atoms with van der Waals surface area (Å²) >= 11 is 0. The maximum absolute atomic E-state index is 13.0. The van der Waals surface area contributed by atoms with Gasteiger partial charge in [-0.05, 0) is 49.8 Å². The SMILES string of the molecule is COc1cc2c(cc1-c1c(C)noc1C)cc(C)c(=O)n2Cc1ncc(C(C)C)cn1. The maximum Gasteiger partial charge on any atom is 0.254 e. The molecule has 0 amide bonds. The number of nitrogens with zero attached hydrogens (tertiary/aromatic N) is 4. The van der Waals surface area contributed by atoms with Crippen molar-refractivity contribution < 1.29 is 9.26 Å². The smallest absolute Gasteiger partial charge is 0.254 e. The van der Waals surface area contributed by atoms with Crippen LogP contribution in [0.25, 0.3) is 22.0 Å². The van der Waals surface area contributed by atoms with Crippen LogP contribution in [-0.2, 0) is 6.54 Å². The van der Waals surface area contributed by atoms with Crippen molar-refractivity contribution in [3.8, 4) is 16.9 Å². The van der Waals surface area contributed by atoms with Crippen molar-refractivity contribution in [2.45, 2.75) is 47.1 Å². The zero-order valence-corrected chi connectivity index (χ0v) is 18.7. The van der Waals surface area contributed by atoms with E-state index >= 15 is 0 Å². The number of ether oxygens (including phenoxy) is 1. The normalized spacial score (nSPS) is 11.5. The van der Waals surface area contributed by atoms with Crippen LogP contribution in [0.4, 0.5) is 0 Å². The van der Waals surface area contributed by atoms with E-state index in [0.29, 0.717) is 23.1 Å². The lowest BCUT2D eigenvalue weighted by atomic mass is 9.99. The van der Waals surface area contributed by atoms with Gasteiger partial charge in [0, 0.05) is 29.6 Å². The van der Waals surface area contributed by atoms with Gasteiger partial charge in [0.25, 0.3) is 5.56 Å². The van der Waals surface area contributed by atoms with Gasteiger partial charge in [0.2, 0.25) is 0 Å². The summed E-state index contributed by atoms with van der Waals surface area (Å²) in [6, 6.07) is 5.81. The summed E-state index contributed by atoms with van der Waals surface area (Å²) in [6.45, 7) is 10.1. The Labute approximate surface area is 180 Å². The second-order valence-electron chi connectivity index (χ2n) is 8.12. The number of fused-ring (bicyclic) bond motifs is 1. The van der Waals surface area contributed by atoms with Gasteiger partial charge in [0.1, 0.15) is 17.3 Å². The van der Waals surface area contributed by atoms with Gasteiger partial charge in [0.05, 0.1) is 30.4 Å². The number of hydrogen-bond donors (Lipinski definition) is 0. The van der Waals surface area contributed by atoms with E-state index in [1.165, 1.54) is 0 Å². The van der Waals surface area contributed by atoms with Gasteiger partial charge in [-0.1, -0.05) is 19.0 Å². The number of benzene rings is 1. The Balaban J connectivity index is 1.90. The van der Waals surface area contributed by atoms with Crippen LogP contribution in [0, 0.1) is 20.8 Å². The Kier molecular flexibility index (Phi) is 5.35. The minimum absolute atomic E-state index is 0.0730. The molecule has 0 unspecified atom stereocenters. The van der Waals surface area contributed by atoms with Crippen molar-refractivity contribution in [2.75, 3.05) is 7.11 Å². The Morgan fingerprint density at radius 2 is 1.81 bits per heavy atom. The highest BCUT2D eigenvalue weighted by molar-refractivity contribution is 5.90. The summed E-state index contributed by atoms with van der Waals surface area (Å²) in [5.74, 6) is 2.31. The van der Waals surface area contributed by atoms with E-state index in [4.69, 9.17) is 9.26 Å². The van der Waals surface area contributed by atoms with Crippen LogP contribution in [0.2, 0.25) is 0 Å². The molecule has 0 aliphatic rings. The molecule has 160 valence electrons. The second-order valence-corrected chi connectivity index (χ2v) is 8.12. The minimum atomic E-state index is -0.0730. The third-order valence-electron chi connectivity index (χ3n) is 5.59. The molecule has 0 saturated carbocycles. The average molecular weight is 418 g/mol. The van der Waals surface area contributed by atoms with Gasteiger partial charge < -0.3 is 13.8 Å². The van der Waals surface area contributed by atoms with E-state index in [2.05, 4.69) is 29.0 Å². The van der Waals surface area contributed by atoms with Gasteiger partial charge in [-0.3, -0.25) is 4.79 Å². The predicted molar refractivity (Wildman–Crippen MR) is 120 cm³/mol. The Morgan fingerprint density at radius 3 is 2.39 bits per heavy atom. The number of pyridine rings is 1. The van der Waals surface area contributed by atoms with Crippen LogP contribution < -0.4 is 10.3 Å². The molecular weight excluding hydrogens is 392 g/mol. The predicted octanol–water partition coefficient (Wildman–Crippen LogP) is 4.55. The Bertz CT molecular complexity index is 1300. The van der Waals surface area contributed by atoms with E-state index in [9.17, 15) is 4.79 Å². The van der Waals surface area contributed by atoms with Crippen LogP contribution >= 0.6 is 0 Å². The van der Waals surface area contributed by atoms with E-state index in [0.717, 1.165) is 39.0 Å². The molecule has 4 aromatic rings. The Morgan fingerprint density at radius 1 is 1.10 bits per heavy atom. The molecule has 0 atom stereocenters. The lowest BCUT2D eigenvalue weighted by molar-refractivity contribution is 0.393. The van der Waals surface area contributed by atoms with E-state index in [1.54, 1.807) is 11.7 Å². The zero-order valence-electron chi connectivity index (χ0n) is 18.7. The highest BCUT2D eigenvalue weighted by atomic mass is 16.5. The van der Waals surface area contributed by atoms with Gasteiger partial charge >= 0.3 is 0 Å². The number of aryl methyl sites for hydroxylation is 3. The van der Waals surface area contributed by atoms with Crippen molar-refractivity contribution >= 4 is 10.9 Å². The van der Waals surface area contributed by atoms with Crippen molar-refractivity contribution in [1.29, 1.82) is 0 Å². The zero-order chi connectivity index (χ0) is 22.3. The second kappa shape index (κ2) is 7.98. The van der Waals surface area contributed by atoms with Crippen molar-refractivity contribution in [2.24, 2.45) is 0 Å². The maximum atomic E-state index is 13.0. The Hall–Kier alpha value is -3.48. The molecule has 7 heteroatoms. The molecule has 0 aliphatic carbocycles. The molecule has 3 aromatic heterocycles. The molecule has 0 bridgehead atoms. The van der Waals surface area contributed by atoms with Gasteiger partial charge in [-0.2, -0.15) is 0 Å². The van der Waals surface area contributed by atoms with Gasteiger partial charge in [-0.25, -0.2) is 9.97 Å². The van der Waals surface area contributed by atoms with E-state index < -0.39 is 0 Å². The van der Waals surface area contributed by atoms with E-state index in [-0.39, 0.29) is 12.1 Å². The fraction of sp³-hybridized carbons (Fsp3) is 0.333. The first-order valence-corrected chi connectivity index (χ1v) is 10.3. The summed E-state index contributed by atoms with van der Waals surface area (Å²) in [6.07, 6.45) is 3.65. The minimum Gasteiger partial charge on any atom is -0.496 e. The lowest BCUT2D eigenvalue weighted by Crippen LogP contribution is -2.24. The first-order valence-electron chi connectivity index (χ1n) is 10.3. The number of hydrogen-bond acceptors (Lipinski definition) is 6. The molecule has 0 N–H and O–H groups in total. The van der Waals surface area contributed by atoms with Crippen LogP contribution in [-0.4, -0.2) is 26.8 Å². The average Bonchev–Trinajstić information content (AvgIpc) is 3.08. The molecule has 0 aliphatic heterocycles. The molecule has 1 aromatic carbocycles. The summed E-state index contributed by atoms with van der Waals surface area (Å²) in [5, 5.41) is 4.99. The largest absolute Gasteiger partial charge is 0.496 e. The van der Waals surface area contributed by atoms with Crippen molar-refractivity contribution in [3.63, 3.8) is 0 Å². The molecule has 3 heterocycles. The van der Waals surface area contributed by atoms with Crippen LogP contribution in [0.15, 0.2) is 39.9 Å². The molecule has 0 saturated heterocycles. The van der Waals surface area contributed by atoms with Crippen LogP contribution in [0.5, 0.6) is 5.75 Å². The molecule has 7 nitrogen and oxygen atoms in total. The monoisotopic (exact) mass is 418 g/mol. The third kappa shape index (κ3) is 3.71. The first kappa shape index (κ1) is 20.8. The molecule has 0 fully saturated rings. The number of methoxy groups -OCH3 is 1. The lowest BCUT2D eigenvalue weighted by Gasteiger charge is -2.15. The first-order chi connectivity index (χ1) is 14.8. The molecule has 4 rings (SSSR count). The molecule has 0 spiro atoms. The summed E-state index contributed by atoms with van der Waals surface area (Å²) < 4.78 is 12.7. The van der Waals surface area contributed by atoms with Gasteiger partial charge in [0.15, 0.2) is 0 Å². The van der Waals surface area contributed by atoms with E-state index in [1.807, 2.05) is 51.4 Å². The summed E-state index contributed by atoms with van der Waals surface area (Å²) in [7, 11) is 1.62. The van der Waals surface area contributed by atoms with Crippen LogP contribution in [0.3, 0.4) is 0 Å². The highest BCUT2D eigenvalue weighted by Gasteiger charge is 2.19. The molecular formula is C24H26N4O3. The summed E-state index contributed by atoms with van der Waals surface area (Å²) in [4.78, 5) is 22.0. The highest BCUT2D eigenvalue weighted by Crippen LogP contribution is 2.37. The molecule has 31 heavy (non-hydrogen) atoms. The quantitative estimate of drug-likeness (QED) is 0.473. The van der Waals surface area contributed by atoms with Crippen molar-refractivity contribution in [3.05, 3.63) is 69.4 Å².